The van der Waals surface area contributed by atoms with Gasteiger partial charge in [0.2, 0.25) is 5.91 Å². The van der Waals surface area contributed by atoms with Crippen molar-refractivity contribution in [3.8, 4) is 0 Å². The van der Waals surface area contributed by atoms with Gasteiger partial charge in [0.15, 0.2) is 0 Å². The number of nitrogens with zero attached hydrogens (tertiary/aromatic N) is 2. The first-order valence-corrected chi connectivity index (χ1v) is 6.78. The Bertz CT molecular complexity index is 613. The van der Waals surface area contributed by atoms with Crippen LogP contribution < -0.4 is 10.6 Å². The molecule has 10 heteroatoms. The Hall–Kier alpha value is -3.04. The van der Waals surface area contributed by atoms with Crippen LogP contribution in [0.4, 0.5) is 11.4 Å². The van der Waals surface area contributed by atoms with Gasteiger partial charge in [0.05, 0.1) is 21.5 Å². The molecule has 0 radical (unpaired) electrons. The van der Waals surface area contributed by atoms with Gasteiger partial charge in [-0.3, -0.25) is 29.8 Å². The van der Waals surface area contributed by atoms with E-state index < -0.39 is 39.1 Å². The minimum absolute atomic E-state index is 0.263. The van der Waals surface area contributed by atoms with E-state index in [0.29, 0.717) is 6.54 Å². The van der Waals surface area contributed by atoms with Gasteiger partial charge in [-0.25, -0.2) is 0 Å². The average Bonchev–Trinajstić information content (AvgIpc) is 2.51. The molecule has 0 aliphatic heterocycles. The molecule has 124 valence electrons. The molecular weight excluding hydrogens is 308 g/mol. The molecule has 0 aliphatic carbocycles. The van der Waals surface area contributed by atoms with Gasteiger partial charge in [0, 0.05) is 18.7 Å². The third kappa shape index (κ3) is 5.02. The standard InChI is InChI=1S/C13H16N4O6/c1-3-4-14-12(18)8(2)15-13(19)9-5-10(16(20)21)7-11(6-9)17(22)23/h5-8H,3-4H2,1-2H3,(H,14,18)(H,15,19)/t8-/m1/s1. The Morgan fingerprint density at radius 3 is 2.09 bits per heavy atom. The smallest absolute Gasteiger partial charge is 0.277 e. The molecule has 0 fully saturated rings. The van der Waals surface area contributed by atoms with Crippen LogP contribution >= 0.6 is 0 Å². The van der Waals surface area contributed by atoms with Gasteiger partial charge in [-0.1, -0.05) is 6.92 Å². The van der Waals surface area contributed by atoms with Crippen LogP contribution in [0.5, 0.6) is 0 Å². The largest absolute Gasteiger partial charge is 0.354 e. The summed E-state index contributed by atoms with van der Waals surface area (Å²) in [4.78, 5) is 43.6. The molecule has 0 unspecified atom stereocenters. The van der Waals surface area contributed by atoms with Crippen LogP contribution in [0.2, 0.25) is 0 Å². The molecule has 10 nitrogen and oxygen atoms in total. The Morgan fingerprint density at radius 1 is 1.13 bits per heavy atom. The first-order chi connectivity index (χ1) is 10.8. The number of nitro benzene ring substituents is 2. The lowest BCUT2D eigenvalue weighted by atomic mass is 10.1. The lowest BCUT2D eigenvalue weighted by Gasteiger charge is -2.13. The van der Waals surface area contributed by atoms with Crippen LogP contribution in [0.15, 0.2) is 18.2 Å². The second-order valence-electron chi connectivity index (χ2n) is 4.74. The Kier molecular flexibility index (Phi) is 6.13. The van der Waals surface area contributed by atoms with Crippen molar-refractivity contribution in [1.82, 2.24) is 10.6 Å². The quantitative estimate of drug-likeness (QED) is 0.568. The van der Waals surface area contributed by atoms with Crippen LogP contribution in [0.1, 0.15) is 30.6 Å². The third-order valence-corrected chi connectivity index (χ3v) is 2.88. The predicted octanol–water partition coefficient (Wildman–Crippen LogP) is 1.15. The van der Waals surface area contributed by atoms with Crippen molar-refractivity contribution < 1.29 is 19.4 Å². The molecular formula is C13H16N4O6. The van der Waals surface area contributed by atoms with Crippen molar-refractivity contribution >= 4 is 23.2 Å². The SMILES string of the molecule is CCCNC(=O)[C@@H](C)NC(=O)c1cc([N+](=O)[O-])cc([N+](=O)[O-])c1. The highest BCUT2D eigenvalue weighted by Gasteiger charge is 2.22. The zero-order chi connectivity index (χ0) is 17.6. The Morgan fingerprint density at radius 2 is 1.65 bits per heavy atom. The van der Waals surface area contributed by atoms with Crippen molar-refractivity contribution in [3.05, 3.63) is 44.0 Å². The van der Waals surface area contributed by atoms with Crippen LogP contribution in [-0.2, 0) is 4.79 Å². The minimum atomic E-state index is -0.882. The number of hydrogen-bond donors (Lipinski definition) is 2. The lowest BCUT2D eigenvalue weighted by molar-refractivity contribution is -0.394. The molecule has 0 aliphatic rings. The van der Waals surface area contributed by atoms with Crippen LogP contribution in [0.25, 0.3) is 0 Å². The average molecular weight is 324 g/mol. The maximum absolute atomic E-state index is 12.0. The van der Waals surface area contributed by atoms with E-state index in [4.69, 9.17) is 0 Å². The highest BCUT2D eigenvalue weighted by atomic mass is 16.6. The van der Waals surface area contributed by atoms with Gasteiger partial charge in [-0.15, -0.1) is 0 Å². The highest BCUT2D eigenvalue weighted by molar-refractivity contribution is 5.98. The molecule has 0 saturated carbocycles. The van der Waals surface area contributed by atoms with E-state index in [1.165, 1.54) is 6.92 Å². The van der Waals surface area contributed by atoms with Gasteiger partial charge in [-0.2, -0.15) is 0 Å². The fourth-order valence-corrected chi connectivity index (χ4v) is 1.68. The van der Waals surface area contributed by atoms with Crippen molar-refractivity contribution in [2.24, 2.45) is 0 Å². The van der Waals surface area contributed by atoms with Crippen molar-refractivity contribution in [2.45, 2.75) is 26.3 Å². The van der Waals surface area contributed by atoms with E-state index in [1.54, 1.807) is 0 Å². The lowest BCUT2D eigenvalue weighted by Crippen LogP contribution is -2.45. The number of nitro groups is 2. The van der Waals surface area contributed by atoms with Gasteiger partial charge < -0.3 is 10.6 Å². The zero-order valence-corrected chi connectivity index (χ0v) is 12.6. The molecule has 0 saturated heterocycles. The van der Waals surface area contributed by atoms with Crippen LogP contribution in [-0.4, -0.2) is 34.2 Å². The summed E-state index contributed by atoms with van der Waals surface area (Å²) in [6.45, 7) is 3.75. The summed E-state index contributed by atoms with van der Waals surface area (Å²) in [5, 5.41) is 26.5. The van der Waals surface area contributed by atoms with Gasteiger partial charge in [0.25, 0.3) is 17.3 Å². The van der Waals surface area contributed by atoms with E-state index in [2.05, 4.69) is 10.6 Å². The Balaban J connectivity index is 2.96. The number of carbonyl (C=O) groups excluding carboxylic acids is 2. The monoisotopic (exact) mass is 324 g/mol. The number of hydrogen-bond acceptors (Lipinski definition) is 6. The highest BCUT2D eigenvalue weighted by Crippen LogP contribution is 2.22. The topological polar surface area (TPSA) is 144 Å². The molecule has 2 N–H and O–H groups in total. The minimum Gasteiger partial charge on any atom is -0.354 e. The summed E-state index contributed by atoms with van der Waals surface area (Å²) in [6.07, 6.45) is 0.726. The van der Waals surface area contributed by atoms with E-state index in [0.717, 1.165) is 24.6 Å². The number of nitrogens with one attached hydrogen (secondary N) is 2. The normalized spacial score (nSPS) is 11.4. The maximum Gasteiger partial charge on any atom is 0.277 e. The summed E-state index contributed by atoms with van der Waals surface area (Å²) < 4.78 is 0. The van der Waals surface area contributed by atoms with E-state index in [-0.39, 0.29) is 5.56 Å². The predicted molar refractivity (Wildman–Crippen MR) is 80.0 cm³/mol. The molecule has 0 aromatic heterocycles. The van der Waals surface area contributed by atoms with Crippen molar-refractivity contribution in [2.75, 3.05) is 6.54 Å². The van der Waals surface area contributed by atoms with Crippen molar-refractivity contribution in [3.63, 3.8) is 0 Å². The van der Waals surface area contributed by atoms with Gasteiger partial charge in [0.1, 0.15) is 6.04 Å². The molecule has 23 heavy (non-hydrogen) atoms. The molecule has 0 bridgehead atoms. The first-order valence-electron chi connectivity index (χ1n) is 6.78. The number of non-ortho nitro benzene ring substituents is 2. The van der Waals surface area contributed by atoms with E-state index in [9.17, 15) is 29.8 Å². The Labute approximate surface area is 131 Å². The van der Waals surface area contributed by atoms with Crippen molar-refractivity contribution in [1.29, 1.82) is 0 Å². The summed E-state index contributed by atoms with van der Waals surface area (Å²) in [5.41, 5.74) is -1.42. The fraction of sp³-hybridized carbons (Fsp3) is 0.385. The number of benzene rings is 1. The second-order valence-corrected chi connectivity index (χ2v) is 4.74. The molecule has 1 atom stereocenters. The van der Waals surface area contributed by atoms with E-state index >= 15 is 0 Å². The summed E-state index contributed by atoms with van der Waals surface area (Å²) >= 11 is 0. The molecule has 0 spiro atoms. The zero-order valence-electron chi connectivity index (χ0n) is 12.6. The molecule has 0 heterocycles. The fourth-order valence-electron chi connectivity index (χ4n) is 1.68. The van der Waals surface area contributed by atoms with Gasteiger partial charge >= 0.3 is 0 Å². The van der Waals surface area contributed by atoms with E-state index in [1.807, 2.05) is 6.92 Å². The molecule has 1 aromatic rings. The first kappa shape index (κ1) is 18.0. The van der Waals surface area contributed by atoms with Crippen LogP contribution in [0, 0.1) is 20.2 Å². The second kappa shape index (κ2) is 7.82. The molecule has 1 aromatic carbocycles. The maximum atomic E-state index is 12.0. The third-order valence-electron chi connectivity index (χ3n) is 2.88. The number of carbonyl (C=O) groups is 2. The van der Waals surface area contributed by atoms with Crippen LogP contribution in [0.3, 0.4) is 0 Å². The number of amides is 2. The summed E-state index contributed by atoms with van der Waals surface area (Å²) in [7, 11) is 0. The summed E-state index contributed by atoms with van der Waals surface area (Å²) in [6, 6.07) is 1.71. The molecule has 1 rings (SSSR count). The summed E-state index contributed by atoms with van der Waals surface area (Å²) in [5.74, 6) is -1.23. The molecule has 2 amide bonds. The number of rotatable bonds is 7. The van der Waals surface area contributed by atoms with Gasteiger partial charge in [-0.05, 0) is 13.3 Å².